The van der Waals surface area contributed by atoms with Crippen molar-refractivity contribution < 1.29 is 22.7 Å². The Balaban J connectivity index is 1.83. The molecule has 2 saturated heterocycles. The largest absolute Gasteiger partial charge is 0.444 e. The average molecular weight is 474 g/mol. The fraction of sp³-hybridized carbons (Fsp3) is 0.526. The second-order valence-electron chi connectivity index (χ2n) is 8.24. The molecule has 164 valence electrons. The Morgan fingerprint density at radius 2 is 2.03 bits per heavy atom. The molecule has 2 aliphatic heterocycles. The van der Waals surface area contributed by atoms with Gasteiger partial charge in [0.25, 0.3) is 5.91 Å². The SMILES string of the molecule is Cc1ccc(Cl)cc1N1C(=NC(=O)CNC(=O)OC(C)(C)C)S[C@@H]2CS(=O)(=O)C[C@H]21. The number of rotatable bonds is 3. The van der Waals surface area contributed by atoms with Crippen LogP contribution >= 0.6 is 23.4 Å². The number of hydrogen-bond donors (Lipinski definition) is 1. The molecule has 11 heteroatoms. The summed E-state index contributed by atoms with van der Waals surface area (Å²) in [5, 5.41) is 3.07. The van der Waals surface area contributed by atoms with Gasteiger partial charge in [0.1, 0.15) is 12.1 Å². The zero-order valence-corrected chi connectivity index (χ0v) is 19.5. The summed E-state index contributed by atoms with van der Waals surface area (Å²) in [5.41, 5.74) is 0.924. The van der Waals surface area contributed by atoms with Crippen LogP contribution in [0.4, 0.5) is 10.5 Å². The molecule has 2 atom stereocenters. The Labute approximate surface area is 185 Å². The number of hydrogen-bond acceptors (Lipinski definition) is 6. The van der Waals surface area contributed by atoms with Crippen molar-refractivity contribution in [2.45, 2.75) is 44.6 Å². The maximum atomic E-state index is 12.4. The van der Waals surface area contributed by atoms with Crippen LogP contribution in [0, 0.1) is 6.92 Å². The molecule has 1 N–H and O–H groups in total. The Morgan fingerprint density at radius 1 is 1.33 bits per heavy atom. The fourth-order valence-electron chi connectivity index (χ4n) is 3.30. The number of thioether (sulfide) groups is 1. The molecule has 0 saturated carbocycles. The molecule has 0 radical (unpaired) electrons. The van der Waals surface area contributed by atoms with Gasteiger partial charge in [0.05, 0.1) is 17.5 Å². The lowest BCUT2D eigenvalue weighted by Gasteiger charge is -2.26. The Morgan fingerprint density at radius 3 is 2.70 bits per heavy atom. The van der Waals surface area contributed by atoms with Crippen LogP contribution in [0.15, 0.2) is 23.2 Å². The number of aliphatic imine (C=N–C) groups is 1. The van der Waals surface area contributed by atoms with E-state index in [1.165, 1.54) is 11.8 Å². The van der Waals surface area contributed by atoms with Crippen LogP contribution in [0.2, 0.25) is 5.02 Å². The van der Waals surface area contributed by atoms with Gasteiger partial charge in [-0.2, -0.15) is 4.99 Å². The number of ether oxygens (including phenoxy) is 1. The third-order valence-electron chi connectivity index (χ3n) is 4.50. The van der Waals surface area contributed by atoms with Crippen molar-refractivity contribution in [1.29, 1.82) is 0 Å². The van der Waals surface area contributed by atoms with Gasteiger partial charge in [0, 0.05) is 16.0 Å². The van der Waals surface area contributed by atoms with Crippen LogP contribution in [0.1, 0.15) is 26.3 Å². The molecule has 2 amide bonds. The molecular weight excluding hydrogens is 450 g/mol. The van der Waals surface area contributed by atoms with Gasteiger partial charge in [-0.25, -0.2) is 13.2 Å². The number of sulfone groups is 1. The van der Waals surface area contributed by atoms with Gasteiger partial charge in [-0.1, -0.05) is 29.4 Å². The number of carbonyl (C=O) groups is 2. The second-order valence-corrected chi connectivity index (χ2v) is 12.0. The minimum absolute atomic E-state index is 0.0139. The number of alkyl carbamates (subject to hydrolysis) is 1. The predicted molar refractivity (Wildman–Crippen MR) is 119 cm³/mol. The molecule has 0 unspecified atom stereocenters. The highest BCUT2D eigenvalue weighted by molar-refractivity contribution is 8.16. The summed E-state index contributed by atoms with van der Waals surface area (Å²) in [6.07, 6.45) is -0.708. The molecule has 1 aromatic rings. The Bertz CT molecular complexity index is 1000. The van der Waals surface area contributed by atoms with Gasteiger partial charge in [0.15, 0.2) is 15.0 Å². The van der Waals surface area contributed by atoms with E-state index in [2.05, 4.69) is 10.3 Å². The summed E-state index contributed by atoms with van der Waals surface area (Å²) in [7, 11) is -3.17. The molecule has 0 spiro atoms. The number of aryl methyl sites for hydroxylation is 1. The van der Waals surface area contributed by atoms with Gasteiger partial charge < -0.3 is 15.0 Å². The number of halogens is 1. The number of nitrogens with one attached hydrogen (secondary N) is 1. The van der Waals surface area contributed by atoms with Gasteiger partial charge >= 0.3 is 6.09 Å². The quantitative estimate of drug-likeness (QED) is 0.719. The van der Waals surface area contributed by atoms with Gasteiger partial charge in [-0.3, -0.25) is 4.79 Å². The van der Waals surface area contributed by atoms with Crippen molar-refractivity contribution in [2.75, 3.05) is 23.0 Å². The lowest BCUT2D eigenvalue weighted by molar-refractivity contribution is -0.117. The number of amidine groups is 1. The van der Waals surface area contributed by atoms with Crippen molar-refractivity contribution in [1.82, 2.24) is 5.32 Å². The average Bonchev–Trinajstić information content (AvgIpc) is 3.04. The van der Waals surface area contributed by atoms with E-state index in [-0.39, 0.29) is 29.3 Å². The monoisotopic (exact) mass is 473 g/mol. The van der Waals surface area contributed by atoms with E-state index in [0.717, 1.165) is 5.56 Å². The third kappa shape index (κ3) is 5.47. The van der Waals surface area contributed by atoms with Crippen molar-refractivity contribution in [2.24, 2.45) is 4.99 Å². The Kier molecular flexibility index (Phi) is 6.41. The van der Waals surface area contributed by atoms with Crippen LogP contribution < -0.4 is 10.2 Å². The van der Waals surface area contributed by atoms with Gasteiger partial charge in [-0.05, 0) is 45.4 Å². The van der Waals surface area contributed by atoms with Crippen LogP contribution in [0.5, 0.6) is 0 Å². The van der Waals surface area contributed by atoms with Crippen LogP contribution in [-0.2, 0) is 19.4 Å². The number of benzene rings is 1. The lowest BCUT2D eigenvalue weighted by atomic mass is 10.1. The highest BCUT2D eigenvalue weighted by Gasteiger charge is 2.49. The molecular formula is C19H24ClN3O5S2. The van der Waals surface area contributed by atoms with E-state index >= 15 is 0 Å². The summed E-state index contributed by atoms with van der Waals surface area (Å²) < 4.78 is 29.4. The van der Waals surface area contributed by atoms with E-state index < -0.39 is 27.4 Å². The van der Waals surface area contributed by atoms with E-state index in [1.807, 2.05) is 13.0 Å². The van der Waals surface area contributed by atoms with E-state index in [1.54, 1.807) is 37.8 Å². The van der Waals surface area contributed by atoms with Crippen LogP contribution in [0.25, 0.3) is 0 Å². The second kappa shape index (κ2) is 8.39. The Hall–Kier alpha value is -1.78. The zero-order chi connectivity index (χ0) is 22.3. The maximum Gasteiger partial charge on any atom is 0.408 e. The van der Waals surface area contributed by atoms with Crippen LogP contribution in [-0.4, -0.2) is 60.5 Å². The van der Waals surface area contributed by atoms with E-state index in [0.29, 0.717) is 15.9 Å². The molecule has 0 aromatic heterocycles. The molecule has 0 aliphatic carbocycles. The number of carbonyl (C=O) groups excluding carboxylic acids is 2. The minimum Gasteiger partial charge on any atom is -0.444 e. The summed E-state index contributed by atoms with van der Waals surface area (Å²) in [6.45, 7) is 6.73. The van der Waals surface area contributed by atoms with Crippen LogP contribution in [0.3, 0.4) is 0 Å². The van der Waals surface area contributed by atoms with E-state index in [4.69, 9.17) is 16.3 Å². The number of anilines is 1. The molecule has 3 rings (SSSR count). The maximum absolute atomic E-state index is 12.4. The third-order valence-corrected chi connectivity index (χ3v) is 7.95. The van der Waals surface area contributed by atoms with E-state index in [9.17, 15) is 18.0 Å². The molecule has 2 aliphatic rings. The first-order valence-electron chi connectivity index (χ1n) is 9.35. The number of amides is 2. The zero-order valence-electron chi connectivity index (χ0n) is 17.1. The van der Waals surface area contributed by atoms with Crippen molar-refractivity contribution in [3.63, 3.8) is 0 Å². The normalized spacial score (nSPS) is 24.0. The molecule has 8 nitrogen and oxygen atoms in total. The smallest absolute Gasteiger partial charge is 0.408 e. The first-order valence-corrected chi connectivity index (χ1v) is 12.4. The standard InChI is InChI=1S/C19H24ClN3O5S2/c1-11-5-6-12(20)7-13(11)23-14-9-30(26,27)10-15(14)29-17(23)22-16(24)8-21-18(25)28-19(2,3)4/h5-7,14-15H,8-10H2,1-4H3,(H,21,25)/t14-,15-/m1/s1. The van der Waals surface area contributed by atoms with Gasteiger partial charge in [0.2, 0.25) is 0 Å². The topological polar surface area (TPSA) is 105 Å². The minimum atomic E-state index is -3.17. The first-order chi connectivity index (χ1) is 13.8. The summed E-state index contributed by atoms with van der Waals surface area (Å²) in [4.78, 5) is 30.1. The highest BCUT2D eigenvalue weighted by Crippen LogP contribution is 2.42. The molecule has 2 fully saturated rings. The molecule has 0 bridgehead atoms. The van der Waals surface area contributed by atoms with Crippen molar-refractivity contribution in [3.05, 3.63) is 28.8 Å². The van der Waals surface area contributed by atoms with Crippen molar-refractivity contribution >= 4 is 56.1 Å². The van der Waals surface area contributed by atoms with Crippen molar-refractivity contribution in [3.8, 4) is 0 Å². The number of nitrogens with zero attached hydrogens (tertiary/aromatic N) is 2. The molecule has 30 heavy (non-hydrogen) atoms. The first kappa shape index (κ1) is 22.9. The predicted octanol–water partition coefficient (Wildman–Crippen LogP) is 2.77. The summed E-state index contributed by atoms with van der Waals surface area (Å²) >= 11 is 7.43. The lowest BCUT2D eigenvalue weighted by Crippen LogP contribution is -2.39. The highest BCUT2D eigenvalue weighted by atomic mass is 35.5. The summed E-state index contributed by atoms with van der Waals surface area (Å²) in [5.74, 6) is -0.544. The number of fused-ring (bicyclic) bond motifs is 1. The molecule has 1 aromatic carbocycles. The molecule has 2 heterocycles. The van der Waals surface area contributed by atoms with Gasteiger partial charge in [-0.15, -0.1) is 0 Å². The summed E-state index contributed by atoms with van der Waals surface area (Å²) in [6, 6.07) is 4.99. The fourth-order valence-corrected chi connectivity index (χ4v) is 7.39.